The van der Waals surface area contributed by atoms with Crippen LogP contribution in [0.5, 0.6) is 0 Å². The van der Waals surface area contributed by atoms with Gasteiger partial charge in [-0.3, -0.25) is 9.59 Å². The highest BCUT2D eigenvalue weighted by molar-refractivity contribution is 7.08. The topological polar surface area (TPSA) is 49.4 Å². The van der Waals surface area contributed by atoms with E-state index in [2.05, 4.69) is 5.32 Å². The van der Waals surface area contributed by atoms with Crippen LogP contribution in [0.1, 0.15) is 16.8 Å². The van der Waals surface area contributed by atoms with Crippen molar-refractivity contribution in [3.8, 4) is 0 Å². The lowest BCUT2D eigenvalue weighted by atomic mass is 10.2. The molecule has 2 amide bonds. The molecule has 1 aliphatic heterocycles. The van der Waals surface area contributed by atoms with Gasteiger partial charge in [-0.25, -0.2) is 4.39 Å². The van der Waals surface area contributed by atoms with Gasteiger partial charge in [0.05, 0.1) is 5.56 Å². The average molecular weight is 304 g/mol. The summed E-state index contributed by atoms with van der Waals surface area (Å²) in [6.45, 7) is 0.513. The number of halogens is 1. The number of carbonyl (C=O) groups is 2. The maximum atomic E-state index is 12.9. The summed E-state index contributed by atoms with van der Waals surface area (Å²) in [5.41, 5.74) is 1.21. The Morgan fingerprint density at radius 1 is 1.29 bits per heavy atom. The summed E-state index contributed by atoms with van der Waals surface area (Å²) in [4.78, 5) is 25.9. The van der Waals surface area contributed by atoms with E-state index < -0.39 is 6.04 Å². The molecule has 21 heavy (non-hydrogen) atoms. The molecule has 1 aromatic heterocycles. The Labute approximate surface area is 125 Å². The zero-order valence-electron chi connectivity index (χ0n) is 11.1. The second-order valence-corrected chi connectivity index (χ2v) is 5.57. The van der Waals surface area contributed by atoms with Gasteiger partial charge >= 0.3 is 0 Å². The molecule has 0 aliphatic carbocycles. The quantitative estimate of drug-likeness (QED) is 0.947. The number of nitrogens with zero attached hydrogens (tertiary/aromatic N) is 1. The Balaban J connectivity index is 1.69. The normalized spacial score (nSPS) is 18.0. The van der Waals surface area contributed by atoms with E-state index in [0.29, 0.717) is 24.2 Å². The molecule has 0 spiro atoms. The van der Waals surface area contributed by atoms with Gasteiger partial charge in [-0.1, -0.05) is 0 Å². The van der Waals surface area contributed by atoms with Crippen molar-refractivity contribution < 1.29 is 14.0 Å². The van der Waals surface area contributed by atoms with Crippen LogP contribution in [-0.4, -0.2) is 24.4 Å². The summed E-state index contributed by atoms with van der Waals surface area (Å²) in [5, 5.41) is 6.30. The maximum Gasteiger partial charge on any atom is 0.252 e. The number of benzene rings is 1. The van der Waals surface area contributed by atoms with Gasteiger partial charge in [0.1, 0.15) is 11.9 Å². The first-order chi connectivity index (χ1) is 10.1. The van der Waals surface area contributed by atoms with Crippen LogP contribution in [-0.2, 0) is 4.79 Å². The van der Waals surface area contributed by atoms with Crippen LogP contribution in [0.2, 0.25) is 0 Å². The fourth-order valence-corrected chi connectivity index (χ4v) is 2.96. The molecule has 1 saturated heterocycles. The fourth-order valence-electron chi connectivity index (χ4n) is 2.33. The van der Waals surface area contributed by atoms with Gasteiger partial charge in [0, 0.05) is 17.6 Å². The van der Waals surface area contributed by atoms with Gasteiger partial charge in [-0.05, 0) is 42.1 Å². The Kier molecular flexibility index (Phi) is 3.70. The molecule has 2 aromatic rings. The molecule has 0 bridgehead atoms. The van der Waals surface area contributed by atoms with Crippen molar-refractivity contribution in [2.75, 3.05) is 11.4 Å². The van der Waals surface area contributed by atoms with Crippen LogP contribution < -0.4 is 10.2 Å². The second kappa shape index (κ2) is 5.65. The molecule has 1 aromatic carbocycles. The first kappa shape index (κ1) is 13.8. The molecule has 1 atom stereocenters. The molecule has 2 heterocycles. The smallest absolute Gasteiger partial charge is 0.252 e. The number of carbonyl (C=O) groups excluding carboxylic acids is 2. The minimum atomic E-state index is -0.526. The second-order valence-electron chi connectivity index (χ2n) is 4.79. The number of anilines is 1. The third-order valence-corrected chi connectivity index (χ3v) is 4.12. The van der Waals surface area contributed by atoms with Crippen molar-refractivity contribution in [1.82, 2.24) is 5.32 Å². The van der Waals surface area contributed by atoms with Crippen molar-refractivity contribution in [1.29, 1.82) is 0 Å². The monoisotopic (exact) mass is 304 g/mol. The highest BCUT2D eigenvalue weighted by Crippen LogP contribution is 2.22. The van der Waals surface area contributed by atoms with Crippen molar-refractivity contribution >= 4 is 28.8 Å². The zero-order chi connectivity index (χ0) is 14.8. The molecule has 1 fully saturated rings. The lowest BCUT2D eigenvalue weighted by Crippen LogP contribution is -2.41. The number of hydrogen-bond donors (Lipinski definition) is 1. The SMILES string of the molecule is O=C(N[C@H]1CCN(c2ccc(F)cc2)C1=O)c1ccsc1. The molecule has 6 heteroatoms. The standard InChI is InChI=1S/C15H13FN2O2S/c16-11-1-3-12(4-2-11)18-7-5-13(15(18)20)17-14(19)10-6-8-21-9-10/h1-4,6,8-9,13H,5,7H2,(H,17,19)/t13-/m0/s1. The van der Waals surface area contributed by atoms with Crippen molar-refractivity contribution in [3.05, 3.63) is 52.5 Å². The lowest BCUT2D eigenvalue weighted by molar-refractivity contribution is -0.118. The van der Waals surface area contributed by atoms with E-state index in [1.54, 1.807) is 28.5 Å². The largest absolute Gasteiger partial charge is 0.340 e. The van der Waals surface area contributed by atoms with Crippen molar-refractivity contribution in [2.45, 2.75) is 12.5 Å². The summed E-state index contributed by atoms with van der Waals surface area (Å²) < 4.78 is 12.9. The number of thiophene rings is 1. The minimum absolute atomic E-state index is 0.162. The highest BCUT2D eigenvalue weighted by atomic mass is 32.1. The average Bonchev–Trinajstić information content (AvgIpc) is 3.11. The van der Waals surface area contributed by atoms with Crippen LogP contribution in [0.15, 0.2) is 41.1 Å². The lowest BCUT2D eigenvalue weighted by Gasteiger charge is -2.17. The predicted molar refractivity (Wildman–Crippen MR) is 78.9 cm³/mol. The first-order valence-electron chi connectivity index (χ1n) is 6.55. The molecule has 108 valence electrons. The summed E-state index contributed by atoms with van der Waals surface area (Å²) in [6, 6.07) is 6.96. The van der Waals surface area contributed by atoms with Crippen molar-refractivity contribution in [3.63, 3.8) is 0 Å². The van der Waals surface area contributed by atoms with E-state index in [0.717, 1.165) is 0 Å². The molecule has 0 radical (unpaired) electrons. The maximum absolute atomic E-state index is 12.9. The molecular formula is C15H13FN2O2S. The summed E-state index contributed by atoms with van der Waals surface area (Å²) in [5.74, 6) is -0.742. The summed E-state index contributed by atoms with van der Waals surface area (Å²) >= 11 is 1.43. The van der Waals surface area contributed by atoms with Crippen LogP contribution in [0, 0.1) is 5.82 Å². The predicted octanol–water partition coefficient (Wildman–Crippen LogP) is 2.42. The van der Waals surface area contributed by atoms with E-state index >= 15 is 0 Å². The number of hydrogen-bond acceptors (Lipinski definition) is 3. The minimum Gasteiger partial charge on any atom is -0.340 e. The van der Waals surface area contributed by atoms with E-state index in [-0.39, 0.29) is 17.6 Å². The third-order valence-electron chi connectivity index (χ3n) is 3.43. The van der Waals surface area contributed by atoms with Crippen LogP contribution in [0.4, 0.5) is 10.1 Å². The van der Waals surface area contributed by atoms with Gasteiger partial charge in [0.2, 0.25) is 5.91 Å². The third kappa shape index (κ3) is 2.80. The summed E-state index contributed by atoms with van der Waals surface area (Å²) in [6.07, 6.45) is 0.548. The van der Waals surface area contributed by atoms with E-state index in [9.17, 15) is 14.0 Å². The van der Waals surface area contributed by atoms with Gasteiger partial charge in [-0.2, -0.15) is 11.3 Å². The zero-order valence-corrected chi connectivity index (χ0v) is 11.9. The van der Waals surface area contributed by atoms with E-state index in [4.69, 9.17) is 0 Å². The number of amides is 2. The van der Waals surface area contributed by atoms with E-state index in [1.807, 2.05) is 5.38 Å². The molecule has 0 saturated carbocycles. The van der Waals surface area contributed by atoms with Crippen molar-refractivity contribution in [2.24, 2.45) is 0 Å². The molecule has 0 unspecified atom stereocenters. The van der Waals surface area contributed by atoms with Gasteiger partial charge < -0.3 is 10.2 Å². The Morgan fingerprint density at radius 3 is 2.71 bits per heavy atom. The number of nitrogens with one attached hydrogen (secondary N) is 1. The van der Waals surface area contributed by atoms with Gasteiger partial charge in [0.25, 0.3) is 5.91 Å². The summed E-state index contributed by atoms with van der Waals surface area (Å²) in [7, 11) is 0. The Morgan fingerprint density at radius 2 is 2.05 bits per heavy atom. The fraction of sp³-hybridized carbons (Fsp3) is 0.200. The highest BCUT2D eigenvalue weighted by Gasteiger charge is 2.33. The Hall–Kier alpha value is -2.21. The van der Waals surface area contributed by atoms with Gasteiger partial charge in [0.15, 0.2) is 0 Å². The molecule has 4 nitrogen and oxygen atoms in total. The molecule has 1 aliphatic rings. The molecule has 1 N–H and O–H groups in total. The van der Waals surface area contributed by atoms with Crippen LogP contribution in [0.25, 0.3) is 0 Å². The molecular weight excluding hydrogens is 291 g/mol. The molecule has 3 rings (SSSR count). The van der Waals surface area contributed by atoms with Crippen LogP contribution >= 0.6 is 11.3 Å². The van der Waals surface area contributed by atoms with E-state index in [1.165, 1.54) is 23.5 Å². The first-order valence-corrected chi connectivity index (χ1v) is 7.49. The van der Waals surface area contributed by atoms with Crippen LogP contribution in [0.3, 0.4) is 0 Å². The van der Waals surface area contributed by atoms with Gasteiger partial charge in [-0.15, -0.1) is 0 Å². The Bertz CT molecular complexity index is 655. The number of rotatable bonds is 3.